The van der Waals surface area contributed by atoms with Crippen LogP contribution >= 0.6 is 0 Å². The van der Waals surface area contributed by atoms with E-state index in [0.717, 1.165) is 5.56 Å². The van der Waals surface area contributed by atoms with Crippen LogP contribution in [0.4, 0.5) is 4.39 Å². The summed E-state index contributed by atoms with van der Waals surface area (Å²) in [5.74, 6) is 0.591. The standard InChI is InChI=1S/C21H27FN4O3/c1-3-24-21(26(2)11-12-28-19-10-5-4-9-18(19)22)25-14-16-7-6-8-17(13-16)29-15-20(23)27/h4-10,13H,3,11-12,14-15H2,1-2H3,(H2,23,27)(H,24,25). The summed E-state index contributed by atoms with van der Waals surface area (Å²) in [5, 5.41) is 3.22. The molecule has 1 amide bonds. The summed E-state index contributed by atoms with van der Waals surface area (Å²) in [6.45, 7) is 3.80. The number of guanidine groups is 1. The van der Waals surface area contributed by atoms with Crippen molar-refractivity contribution in [1.29, 1.82) is 0 Å². The van der Waals surface area contributed by atoms with E-state index in [2.05, 4.69) is 10.3 Å². The van der Waals surface area contributed by atoms with E-state index in [9.17, 15) is 9.18 Å². The fourth-order valence-electron chi connectivity index (χ4n) is 2.48. The molecule has 0 fully saturated rings. The van der Waals surface area contributed by atoms with Crippen molar-refractivity contribution < 1.29 is 18.7 Å². The molecular formula is C21H27FN4O3. The van der Waals surface area contributed by atoms with Gasteiger partial charge in [-0.25, -0.2) is 9.38 Å². The van der Waals surface area contributed by atoms with Crippen LogP contribution in [0, 0.1) is 5.82 Å². The quantitative estimate of drug-likeness (QED) is 0.470. The van der Waals surface area contributed by atoms with Gasteiger partial charge in [0, 0.05) is 13.6 Å². The smallest absolute Gasteiger partial charge is 0.255 e. The van der Waals surface area contributed by atoms with Gasteiger partial charge < -0.3 is 25.4 Å². The Balaban J connectivity index is 1.93. The van der Waals surface area contributed by atoms with E-state index in [0.29, 0.717) is 38.0 Å². The van der Waals surface area contributed by atoms with Crippen molar-refractivity contribution in [3.05, 3.63) is 59.9 Å². The molecule has 3 N–H and O–H groups in total. The van der Waals surface area contributed by atoms with Crippen molar-refractivity contribution in [1.82, 2.24) is 10.2 Å². The monoisotopic (exact) mass is 402 g/mol. The fourth-order valence-corrected chi connectivity index (χ4v) is 2.48. The number of para-hydroxylation sites is 1. The average molecular weight is 402 g/mol. The second kappa shape index (κ2) is 11.5. The number of likely N-dealkylation sites (N-methyl/N-ethyl adjacent to an activating group) is 1. The summed E-state index contributed by atoms with van der Waals surface area (Å²) in [6, 6.07) is 13.7. The largest absolute Gasteiger partial charge is 0.489 e. The van der Waals surface area contributed by atoms with Gasteiger partial charge in [-0.15, -0.1) is 0 Å². The first-order valence-electron chi connectivity index (χ1n) is 9.36. The zero-order valence-corrected chi connectivity index (χ0v) is 16.7. The van der Waals surface area contributed by atoms with Crippen LogP contribution in [-0.4, -0.2) is 50.1 Å². The molecule has 0 radical (unpaired) electrons. The Bertz CT molecular complexity index is 829. The molecule has 0 bridgehead atoms. The summed E-state index contributed by atoms with van der Waals surface area (Å²) in [6.07, 6.45) is 0. The zero-order valence-electron chi connectivity index (χ0n) is 16.7. The predicted octanol–water partition coefficient (Wildman–Crippen LogP) is 2.17. The van der Waals surface area contributed by atoms with Crippen LogP contribution in [0.25, 0.3) is 0 Å². The van der Waals surface area contributed by atoms with Gasteiger partial charge in [-0.2, -0.15) is 0 Å². The second-order valence-electron chi connectivity index (χ2n) is 6.27. The number of ether oxygens (including phenoxy) is 2. The van der Waals surface area contributed by atoms with Gasteiger partial charge in [0.05, 0.1) is 13.1 Å². The normalized spacial score (nSPS) is 11.1. The summed E-state index contributed by atoms with van der Waals surface area (Å²) in [4.78, 5) is 17.4. The van der Waals surface area contributed by atoms with Crippen molar-refractivity contribution in [3.8, 4) is 11.5 Å². The molecule has 7 nitrogen and oxygen atoms in total. The first-order chi connectivity index (χ1) is 14.0. The second-order valence-corrected chi connectivity index (χ2v) is 6.27. The molecular weight excluding hydrogens is 375 g/mol. The highest BCUT2D eigenvalue weighted by molar-refractivity contribution is 5.79. The Morgan fingerprint density at radius 2 is 2.00 bits per heavy atom. The van der Waals surface area contributed by atoms with E-state index >= 15 is 0 Å². The fraction of sp³-hybridized carbons (Fsp3) is 0.333. The third-order valence-electron chi connectivity index (χ3n) is 3.91. The van der Waals surface area contributed by atoms with Crippen LogP contribution in [0.3, 0.4) is 0 Å². The lowest BCUT2D eigenvalue weighted by Crippen LogP contribution is -2.40. The number of carbonyl (C=O) groups is 1. The van der Waals surface area contributed by atoms with Crippen LogP contribution in [0.1, 0.15) is 12.5 Å². The maximum atomic E-state index is 13.6. The molecule has 0 aliphatic carbocycles. The summed E-state index contributed by atoms with van der Waals surface area (Å²) < 4.78 is 24.4. The van der Waals surface area contributed by atoms with Crippen LogP contribution < -0.4 is 20.5 Å². The van der Waals surface area contributed by atoms with E-state index in [1.54, 1.807) is 24.3 Å². The van der Waals surface area contributed by atoms with Gasteiger partial charge in [0.15, 0.2) is 24.1 Å². The molecule has 2 aromatic rings. The molecule has 29 heavy (non-hydrogen) atoms. The maximum absolute atomic E-state index is 13.6. The lowest BCUT2D eigenvalue weighted by atomic mass is 10.2. The number of nitrogens with two attached hydrogens (primary N) is 1. The van der Waals surface area contributed by atoms with Crippen molar-refractivity contribution in [2.45, 2.75) is 13.5 Å². The molecule has 0 aliphatic rings. The molecule has 2 rings (SSSR count). The number of nitrogens with one attached hydrogen (secondary N) is 1. The van der Waals surface area contributed by atoms with E-state index in [-0.39, 0.29) is 18.2 Å². The third kappa shape index (κ3) is 7.69. The molecule has 0 aliphatic heterocycles. The van der Waals surface area contributed by atoms with Crippen molar-refractivity contribution in [2.75, 3.05) is 33.4 Å². The number of rotatable bonds is 10. The van der Waals surface area contributed by atoms with Crippen LogP contribution in [0.15, 0.2) is 53.5 Å². The van der Waals surface area contributed by atoms with Crippen LogP contribution in [0.5, 0.6) is 11.5 Å². The van der Waals surface area contributed by atoms with Crippen molar-refractivity contribution >= 4 is 11.9 Å². The predicted molar refractivity (Wildman–Crippen MR) is 110 cm³/mol. The number of benzene rings is 2. The molecule has 0 spiro atoms. The van der Waals surface area contributed by atoms with Crippen LogP contribution in [0.2, 0.25) is 0 Å². The first-order valence-corrected chi connectivity index (χ1v) is 9.36. The Morgan fingerprint density at radius 1 is 1.21 bits per heavy atom. The number of primary amides is 1. The molecule has 0 heterocycles. The summed E-state index contributed by atoms with van der Waals surface area (Å²) in [7, 11) is 1.89. The summed E-state index contributed by atoms with van der Waals surface area (Å²) >= 11 is 0. The highest BCUT2D eigenvalue weighted by atomic mass is 19.1. The molecule has 0 unspecified atom stereocenters. The van der Waals surface area contributed by atoms with Gasteiger partial charge in [0.1, 0.15) is 12.4 Å². The molecule has 2 aromatic carbocycles. The molecule has 0 atom stereocenters. The lowest BCUT2D eigenvalue weighted by molar-refractivity contribution is -0.119. The highest BCUT2D eigenvalue weighted by Crippen LogP contribution is 2.15. The Hall–Kier alpha value is -3.29. The van der Waals surface area contributed by atoms with Gasteiger partial charge in [-0.3, -0.25) is 4.79 Å². The number of hydrogen-bond acceptors (Lipinski definition) is 4. The maximum Gasteiger partial charge on any atom is 0.255 e. The number of nitrogens with zero attached hydrogens (tertiary/aromatic N) is 2. The third-order valence-corrected chi connectivity index (χ3v) is 3.91. The SMILES string of the molecule is CCNC(=NCc1cccc(OCC(N)=O)c1)N(C)CCOc1ccccc1F. The van der Waals surface area contributed by atoms with Gasteiger partial charge in [-0.1, -0.05) is 24.3 Å². The summed E-state index contributed by atoms with van der Waals surface area (Å²) in [5.41, 5.74) is 6.03. The van der Waals surface area contributed by atoms with E-state index in [1.807, 2.05) is 37.1 Å². The molecule has 8 heteroatoms. The van der Waals surface area contributed by atoms with Gasteiger partial charge in [0.25, 0.3) is 5.91 Å². The number of carbonyl (C=O) groups excluding carboxylic acids is 1. The highest BCUT2D eigenvalue weighted by Gasteiger charge is 2.08. The van der Waals surface area contributed by atoms with Gasteiger partial charge in [0.2, 0.25) is 0 Å². The first kappa shape index (κ1) is 22.0. The average Bonchev–Trinajstić information content (AvgIpc) is 2.71. The molecule has 0 saturated heterocycles. The molecule has 156 valence electrons. The minimum Gasteiger partial charge on any atom is -0.489 e. The topological polar surface area (TPSA) is 89.2 Å². The number of aliphatic imine (C=N–C) groups is 1. The Labute approximate surface area is 170 Å². The van der Waals surface area contributed by atoms with Gasteiger partial charge >= 0.3 is 0 Å². The van der Waals surface area contributed by atoms with Crippen molar-refractivity contribution in [3.63, 3.8) is 0 Å². The molecule has 0 aromatic heterocycles. The zero-order chi connectivity index (χ0) is 21.1. The Morgan fingerprint density at radius 3 is 2.72 bits per heavy atom. The molecule has 0 saturated carbocycles. The van der Waals surface area contributed by atoms with Crippen LogP contribution in [-0.2, 0) is 11.3 Å². The Kier molecular flexibility index (Phi) is 8.75. The number of halogens is 1. The number of hydrogen-bond donors (Lipinski definition) is 2. The number of amides is 1. The van der Waals surface area contributed by atoms with E-state index in [1.165, 1.54) is 6.07 Å². The van der Waals surface area contributed by atoms with Gasteiger partial charge in [-0.05, 0) is 36.8 Å². The lowest BCUT2D eigenvalue weighted by Gasteiger charge is -2.22. The minimum atomic E-state index is -0.526. The van der Waals surface area contributed by atoms with E-state index < -0.39 is 5.91 Å². The van der Waals surface area contributed by atoms with Crippen molar-refractivity contribution in [2.24, 2.45) is 10.7 Å². The minimum absolute atomic E-state index is 0.167. The van der Waals surface area contributed by atoms with E-state index in [4.69, 9.17) is 15.2 Å².